The van der Waals surface area contributed by atoms with Crippen molar-refractivity contribution >= 4 is 11.6 Å². The molecule has 3 N–H and O–H groups in total. The van der Waals surface area contributed by atoms with Gasteiger partial charge in [0.15, 0.2) is 11.6 Å². The van der Waals surface area contributed by atoms with Gasteiger partial charge in [-0.3, -0.25) is 0 Å². The lowest BCUT2D eigenvalue weighted by molar-refractivity contribution is -0.147. The molecule has 210 valence electrons. The van der Waals surface area contributed by atoms with E-state index in [1.54, 1.807) is 19.2 Å². The standard InChI is InChI=1S/C25H31F3N8O3/c1-15-21(30-17-6-9-38-13-17)31-22(16-4-3-5-19(10-16)39-14-18(37)11-29-2)32-23(15)35-7-8-36-20(12-35)33-34-24(36)25(26,27)28/h3-5,10,17-18,29,37H,6-9,11-14H2,1-2H3,(H,30,31,32). The number of hydrogen-bond donors (Lipinski definition) is 3. The van der Waals surface area contributed by atoms with Crippen LogP contribution >= 0.6 is 0 Å². The number of likely N-dealkylation sites (N-methyl/N-ethyl adjacent to an activating group) is 1. The van der Waals surface area contributed by atoms with Crippen LogP contribution in [-0.2, 0) is 24.0 Å². The molecule has 1 aromatic carbocycles. The molecule has 11 nitrogen and oxygen atoms in total. The molecule has 0 radical (unpaired) electrons. The summed E-state index contributed by atoms with van der Waals surface area (Å²) in [5.74, 6) is 1.45. The molecule has 2 unspecified atom stereocenters. The van der Waals surface area contributed by atoms with Crippen LogP contribution in [0.2, 0.25) is 0 Å². The van der Waals surface area contributed by atoms with Crippen LogP contribution in [0.15, 0.2) is 24.3 Å². The van der Waals surface area contributed by atoms with Crippen LogP contribution in [0.4, 0.5) is 24.8 Å². The van der Waals surface area contributed by atoms with Crippen LogP contribution in [0.5, 0.6) is 5.75 Å². The fourth-order valence-electron chi connectivity index (χ4n) is 4.68. The highest BCUT2D eigenvalue weighted by atomic mass is 19.4. The van der Waals surface area contributed by atoms with E-state index in [4.69, 9.17) is 19.4 Å². The highest BCUT2D eigenvalue weighted by molar-refractivity contribution is 5.67. The zero-order valence-corrected chi connectivity index (χ0v) is 21.7. The summed E-state index contributed by atoms with van der Waals surface area (Å²) in [7, 11) is 1.75. The van der Waals surface area contributed by atoms with Crippen LogP contribution < -0.4 is 20.3 Å². The third-order valence-corrected chi connectivity index (χ3v) is 6.67. The van der Waals surface area contributed by atoms with E-state index in [9.17, 15) is 18.3 Å². The van der Waals surface area contributed by atoms with Gasteiger partial charge in [-0.05, 0) is 32.5 Å². The van der Waals surface area contributed by atoms with Gasteiger partial charge in [0.05, 0.1) is 19.2 Å². The van der Waals surface area contributed by atoms with Crippen LogP contribution in [-0.4, -0.2) is 81.9 Å². The summed E-state index contributed by atoms with van der Waals surface area (Å²) in [6.45, 7) is 4.12. The maximum Gasteiger partial charge on any atom is 0.451 e. The van der Waals surface area contributed by atoms with Gasteiger partial charge in [0.2, 0.25) is 5.82 Å². The predicted octanol–water partition coefficient (Wildman–Crippen LogP) is 2.24. The third kappa shape index (κ3) is 6.07. The Kier molecular flexibility index (Phi) is 7.86. The highest BCUT2D eigenvalue weighted by Crippen LogP contribution is 2.34. The first-order chi connectivity index (χ1) is 18.7. The summed E-state index contributed by atoms with van der Waals surface area (Å²) in [4.78, 5) is 11.5. The fourth-order valence-corrected chi connectivity index (χ4v) is 4.68. The van der Waals surface area contributed by atoms with Crippen LogP contribution in [0.1, 0.15) is 23.6 Å². The fraction of sp³-hybridized carbons (Fsp3) is 0.520. The number of halogens is 3. The Morgan fingerprint density at radius 3 is 2.82 bits per heavy atom. The van der Waals surface area contributed by atoms with Gasteiger partial charge in [-0.15, -0.1) is 10.2 Å². The maximum absolute atomic E-state index is 13.3. The number of hydrogen-bond acceptors (Lipinski definition) is 10. The van der Waals surface area contributed by atoms with E-state index in [-0.39, 0.29) is 31.6 Å². The van der Waals surface area contributed by atoms with E-state index in [1.807, 2.05) is 24.0 Å². The summed E-state index contributed by atoms with van der Waals surface area (Å²) in [6.07, 6.45) is -4.40. The van der Waals surface area contributed by atoms with Crippen molar-refractivity contribution in [2.24, 2.45) is 0 Å². The molecule has 1 saturated heterocycles. The van der Waals surface area contributed by atoms with Crippen molar-refractivity contribution in [3.8, 4) is 17.1 Å². The first-order valence-corrected chi connectivity index (χ1v) is 12.8. The van der Waals surface area contributed by atoms with Crippen molar-refractivity contribution in [1.29, 1.82) is 0 Å². The van der Waals surface area contributed by atoms with Crippen molar-refractivity contribution in [3.05, 3.63) is 41.5 Å². The highest BCUT2D eigenvalue weighted by Gasteiger charge is 2.40. The van der Waals surface area contributed by atoms with Crippen molar-refractivity contribution in [2.45, 2.75) is 44.8 Å². The minimum Gasteiger partial charge on any atom is -0.491 e. The summed E-state index contributed by atoms with van der Waals surface area (Å²) >= 11 is 0. The van der Waals surface area contributed by atoms with Gasteiger partial charge in [0, 0.05) is 37.4 Å². The lowest BCUT2D eigenvalue weighted by Crippen LogP contribution is -2.36. The van der Waals surface area contributed by atoms with Crippen molar-refractivity contribution < 1.29 is 27.8 Å². The van der Waals surface area contributed by atoms with Gasteiger partial charge in [-0.25, -0.2) is 9.97 Å². The number of rotatable bonds is 9. The zero-order chi connectivity index (χ0) is 27.6. The van der Waals surface area contributed by atoms with E-state index in [0.717, 1.165) is 16.6 Å². The number of aliphatic hydroxyl groups excluding tert-OH is 1. The average molecular weight is 549 g/mol. The largest absolute Gasteiger partial charge is 0.491 e. The average Bonchev–Trinajstić information content (AvgIpc) is 3.58. The van der Waals surface area contributed by atoms with E-state index in [2.05, 4.69) is 20.8 Å². The molecule has 2 atom stereocenters. The van der Waals surface area contributed by atoms with Gasteiger partial charge >= 0.3 is 6.18 Å². The number of anilines is 2. The molecule has 5 rings (SSSR count). The van der Waals surface area contributed by atoms with Gasteiger partial charge in [-0.1, -0.05) is 12.1 Å². The normalized spacial score (nSPS) is 18.2. The van der Waals surface area contributed by atoms with Gasteiger partial charge < -0.3 is 34.7 Å². The first kappa shape index (κ1) is 27.1. The van der Waals surface area contributed by atoms with Crippen molar-refractivity contribution in [3.63, 3.8) is 0 Å². The van der Waals surface area contributed by atoms with Crippen molar-refractivity contribution in [2.75, 3.05) is 50.2 Å². The van der Waals surface area contributed by atoms with Gasteiger partial charge in [0.25, 0.3) is 0 Å². The molecule has 14 heteroatoms. The van der Waals surface area contributed by atoms with Crippen molar-refractivity contribution in [1.82, 2.24) is 30.0 Å². The Morgan fingerprint density at radius 2 is 2.08 bits per heavy atom. The number of ether oxygens (including phenoxy) is 2. The molecule has 2 aliphatic rings. The second-order valence-electron chi connectivity index (χ2n) is 9.61. The number of nitrogens with one attached hydrogen (secondary N) is 2. The van der Waals surface area contributed by atoms with Crippen LogP contribution in [0.3, 0.4) is 0 Å². The topological polar surface area (TPSA) is 122 Å². The molecule has 4 heterocycles. The SMILES string of the molecule is CNCC(O)COc1cccc(-c2nc(NC3CCOC3)c(C)c(N3CCn4c(nnc4C(F)(F)F)C3)n2)c1. The predicted molar refractivity (Wildman–Crippen MR) is 137 cm³/mol. The van der Waals surface area contributed by atoms with Gasteiger partial charge in [-0.2, -0.15) is 13.2 Å². The number of benzene rings is 1. The Balaban J connectivity index is 1.47. The number of fused-ring (bicyclic) bond motifs is 1. The number of aliphatic hydroxyl groups is 1. The molecular formula is C25H31F3N8O3. The van der Waals surface area contributed by atoms with Gasteiger partial charge in [0.1, 0.15) is 30.1 Å². The minimum absolute atomic E-state index is 0.0768. The minimum atomic E-state index is -4.57. The summed E-state index contributed by atoms with van der Waals surface area (Å²) in [5, 5.41) is 23.5. The van der Waals surface area contributed by atoms with E-state index in [1.165, 1.54) is 0 Å². The molecule has 0 amide bonds. The number of aromatic nitrogens is 5. The third-order valence-electron chi connectivity index (χ3n) is 6.67. The Labute approximate surface area is 223 Å². The maximum atomic E-state index is 13.3. The quantitative estimate of drug-likeness (QED) is 0.367. The van der Waals surface area contributed by atoms with E-state index >= 15 is 0 Å². The molecule has 0 bridgehead atoms. The number of nitrogens with zero attached hydrogens (tertiary/aromatic N) is 6. The first-order valence-electron chi connectivity index (χ1n) is 12.8. The molecule has 3 aromatic rings. The number of alkyl halides is 3. The summed E-state index contributed by atoms with van der Waals surface area (Å²) in [5.41, 5.74) is 1.47. The molecule has 2 aromatic heterocycles. The lowest BCUT2D eigenvalue weighted by atomic mass is 10.1. The summed E-state index contributed by atoms with van der Waals surface area (Å²) in [6, 6.07) is 7.34. The van der Waals surface area contributed by atoms with Crippen LogP contribution in [0, 0.1) is 6.92 Å². The molecule has 1 fully saturated rings. The Hall–Kier alpha value is -3.49. The Bertz CT molecular complexity index is 1300. The van der Waals surface area contributed by atoms with E-state index < -0.39 is 18.1 Å². The second-order valence-corrected chi connectivity index (χ2v) is 9.61. The van der Waals surface area contributed by atoms with Crippen LogP contribution in [0.25, 0.3) is 11.4 Å². The smallest absolute Gasteiger partial charge is 0.451 e. The summed E-state index contributed by atoms with van der Waals surface area (Å²) < 4.78 is 52.4. The molecule has 0 spiro atoms. The van der Waals surface area contributed by atoms with E-state index in [0.29, 0.717) is 55.1 Å². The molecule has 0 saturated carbocycles. The molecular weight excluding hydrogens is 517 g/mol. The second kappa shape index (κ2) is 11.3. The zero-order valence-electron chi connectivity index (χ0n) is 21.7. The molecule has 2 aliphatic heterocycles. The molecule has 0 aliphatic carbocycles. The lowest BCUT2D eigenvalue weighted by Gasteiger charge is -2.31. The monoisotopic (exact) mass is 548 g/mol. The molecule has 39 heavy (non-hydrogen) atoms. The Morgan fingerprint density at radius 1 is 1.23 bits per heavy atom.